The van der Waals surface area contributed by atoms with E-state index in [4.69, 9.17) is 23.7 Å². The van der Waals surface area contributed by atoms with Gasteiger partial charge in [0.05, 0.1) is 35.0 Å². The van der Waals surface area contributed by atoms with Crippen molar-refractivity contribution < 1.29 is 38.1 Å². The molecule has 3 rings (SSSR count). The van der Waals surface area contributed by atoms with Crippen molar-refractivity contribution in [3.63, 3.8) is 0 Å². The highest BCUT2D eigenvalue weighted by Gasteiger charge is 2.53. The molecule has 1 heterocycles. The zero-order valence-electron chi connectivity index (χ0n) is 18.8. The lowest BCUT2D eigenvalue weighted by Crippen LogP contribution is -2.73. The van der Waals surface area contributed by atoms with E-state index in [1.807, 2.05) is 0 Å². The Bertz CT molecular complexity index is 1010. The van der Waals surface area contributed by atoms with Crippen LogP contribution in [0.2, 0.25) is 0 Å². The van der Waals surface area contributed by atoms with Gasteiger partial charge in [-0.1, -0.05) is 12.1 Å². The Hall–Kier alpha value is -3.95. The Morgan fingerprint density at radius 3 is 2.21 bits per heavy atom. The average Bonchev–Trinajstić information content (AvgIpc) is 2.86. The SMILES string of the molecule is COC(=O)[C@@H]1[C@H](NC(=O)OCc2ccc(OC)cc2)C(=O)N1Cc1ccc(OC)cc1OC. The molecule has 10 nitrogen and oxygen atoms in total. The van der Waals surface area contributed by atoms with Crippen LogP contribution in [0.25, 0.3) is 0 Å². The third-order valence-corrected chi connectivity index (χ3v) is 5.28. The van der Waals surface area contributed by atoms with Crippen molar-refractivity contribution >= 4 is 18.0 Å². The van der Waals surface area contributed by atoms with Crippen molar-refractivity contribution in [3.8, 4) is 17.2 Å². The van der Waals surface area contributed by atoms with E-state index in [0.717, 1.165) is 5.56 Å². The van der Waals surface area contributed by atoms with Gasteiger partial charge < -0.3 is 33.9 Å². The fraction of sp³-hybridized carbons (Fsp3) is 0.348. The number of benzene rings is 2. The number of rotatable bonds is 9. The number of nitrogens with zero attached hydrogens (tertiary/aromatic N) is 1. The molecule has 1 N–H and O–H groups in total. The van der Waals surface area contributed by atoms with E-state index in [9.17, 15) is 14.4 Å². The van der Waals surface area contributed by atoms with Crippen molar-refractivity contribution in [2.24, 2.45) is 0 Å². The van der Waals surface area contributed by atoms with Gasteiger partial charge in [0.25, 0.3) is 0 Å². The number of β-lactam (4-membered cyclic amide) rings is 1. The first kappa shape index (κ1) is 23.7. The molecule has 2 amide bonds. The third-order valence-electron chi connectivity index (χ3n) is 5.28. The van der Waals surface area contributed by atoms with Crippen LogP contribution in [-0.2, 0) is 32.2 Å². The summed E-state index contributed by atoms with van der Waals surface area (Å²) in [5, 5.41) is 2.46. The van der Waals surface area contributed by atoms with E-state index in [1.165, 1.54) is 26.2 Å². The van der Waals surface area contributed by atoms with Gasteiger partial charge in [-0.2, -0.15) is 0 Å². The summed E-state index contributed by atoms with van der Waals surface area (Å²) < 4.78 is 25.7. The molecule has 1 aliphatic heterocycles. The van der Waals surface area contributed by atoms with Crippen LogP contribution in [0.15, 0.2) is 42.5 Å². The summed E-state index contributed by atoms with van der Waals surface area (Å²) in [6, 6.07) is 10.0. The minimum atomic E-state index is -1.09. The highest BCUT2D eigenvalue weighted by Crippen LogP contribution is 2.30. The molecule has 0 unspecified atom stereocenters. The molecule has 1 aliphatic rings. The highest BCUT2D eigenvalue weighted by molar-refractivity contribution is 6.01. The van der Waals surface area contributed by atoms with E-state index in [0.29, 0.717) is 22.8 Å². The van der Waals surface area contributed by atoms with Gasteiger partial charge in [-0.25, -0.2) is 9.59 Å². The largest absolute Gasteiger partial charge is 0.497 e. The topological polar surface area (TPSA) is 113 Å². The molecular formula is C23H26N2O8. The number of nitrogens with one attached hydrogen (secondary N) is 1. The van der Waals surface area contributed by atoms with Gasteiger partial charge in [0.1, 0.15) is 29.9 Å². The number of methoxy groups -OCH3 is 4. The number of carbonyl (C=O) groups is 3. The fourth-order valence-electron chi connectivity index (χ4n) is 3.45. The summed E-state index contributed by atoms with van der Waals surface area (Å²) in [6.45, 7) is 0.0806. The number of alkyl carbamates (subject to hydrolysis) is 1. The smallest absolute Gasteiger partial charge is 0.408 e. The van der Waals surface area contributed by atoms with Crippen molar-refractivity contribution in [2.45, 2.75) is 25.2 Å². The standard InChI is InChI=1S/C23H26N2O8/c1-29-16-8-5-14(6-9-16)13-33-23(28)24-19-20(22(27)32-4)25(21(19)26)12-15-7-10-17(30-2)11-18(15)31-3/h5-11,19-20H,12-13H2,1-4H3,(H,24,28)/t19-,20-/m0/s1. The quantitative estimate of drug-likeness (QED) is 0.448. The molecule has 0 saturated carbocycles. The lowest BCUT2D eigenvalue weighted by atomic mass is 9.94. The second kappa shape index (κ2) is 10.6. The summed E-state index contributed by atoms with van der Waals surface area (Å²) in [7, 11) is 5.80. The van der Waals surface area contributed by atoms with Crippen LogP contribution in [0.4, 0.5) is 4.79 Å². The maximum absolute atomic E-state index is 12.8. The second-order valence-electron chi connectivity index (χ2n) is 7.16. The number of esters is 1. The van der Waals surface area contributed by atoms with Gasteiger partial charge in [0, 0.05) is 11.6 Å². The van der Waals surface area contributed by atoms with Gasteiger partial charge in [-0.15, -0.1) is 0 Å². The first-order valence-corrected chi connectivity index (χ1v) is 10.1. The lowest BCUT2D eigenvalue weighted by Gasteiger charge is -2.45. The van der Waals surface area contributed by atoms with Crippen molar-refractivity contribution in [1.29, 1.82) is 0 Å². The first-order chi connectivity index (χ1) is 15.9. The minimum Gasteiger partial charge on any atom is -0.497 e. The van der Waals surface area contributed by atoms with E-state index in [2.05, 4.69) is 5.32 Å². The molecule has 176 valence electrons. The summed E-state index contributed by atoms with van der Waals surface area (Å²) in [5.74, 6) is 0.681. The molecular weight excluding hydrogens is 432 g/mol. The van der Waals surface area contributed by atoms with Crippen LogP contribution in [0.1, 0.15) is 11.1 Å². The lowest BCUT2D eigenvalue weighted by molar-refractivity contribution is -0.169. The Kier molecular flexibility index (Phi) is 7.60. The van der Waals surface area contributed by atoms with Crippen LogP contribution in [0.5, 0.6) is 17.2 Å². The molecule has 0 aliphatic carbocycles. The normalized spacial score (nSPS) is 17.0. The van der Waals surface area contributed by atoms with E-state index < -0.39 is 30.1 Å². The molecule has 0 aromatic heterocycles. The van der Waals surface area contributed by atoms with Crippen molar-refractivity contribution in [1.82, 2.24) is 10.2 Å². The summed E-state index contributed by atoms with van der Waals surface area (Å²) in [4.78, 5) is 38.7. The molecule has 0 radical (unpaired) electrons. The third kappa shape index (κ3) is 5.28. The van der Waals surface area contributed by atoms with Gasteiger partial charge in [-0.3, -0.25) is 4.79 Å². The molecule has 10 heteroatoms. The molecule has 2 aromatic carbocycles. The van der Waals surface area contributed by atoms with Crippen LogP contribution < -0.4 is 19.5 Å². The predicted octanol–water partition coefficient (Wildman–Crippen LogP) is 1.89. The summed E-state index contributed by atoms with van der Waals surface area (Å²) in [6.07, 6.45) is -0.820. The number of ether oxygens (including phenoxy) is 5. The molecule has 2 atom stereocenters. The fourth-order valence-corrected chi connectivity index (χ4v) is 3.45. The number of hydrogen-bond donors (Lipinski definition) is 1. The zero-order valence-corrected chi connectivity index (χ0v) is 18.8. The number of carbonyl (C=O) groups excluding carboxylic acids is 3. The van der Waals surface area contributed by atoms with E-state index in [-0.39, 0.29) is 13.2 Å². The van der Waals surface area contributed by atoms with Crippen molar-refractivity contribution in [2.75, 3.05) is 28.4 Å². The molecule has 1 saturated heterocycles. The van der Waals surface area contributed by atoms with Crippen LogP contribution >= 0.6 is 0 Å². The molecule has 0 bridgehead atoms. The molecule has 33 heavy (non-hydrogen) atoms. The highest BCUT2D eigenvalue weighted by atomic mass is 16.5. The average molecular weight is 458 g/mol. The predicted molar refractivity (Wildman–Crippen MR) is 116 cm³/mol. The van der Waals surface area contributed by atoms with Crippen LogP contribution in [0.3, 0.4) is 0 Å². The Morgan fingerprint density at radius 2 is 1.61 bits per heavy atom. The van der Waals surface area contributed by atoms with E-state index >= 15 is 0 Å². The van der Waals surface area contributed by atoms with Crippen LogP contribution in [0, 0.1) is 0 Å². The maximum Gasteiger partial charge on any atom is 0.408 e. The molecule has 0 spiro atoms. The maximum atomic E-state index is 12.8. The zero-order chi connectivity index (χ0) is 24.0. The molecule has 2 aromatic rings. The number of likely N-dealkylation sites (tertiary alicyclic amines) is 1. The van der Waals surface area contributed by atoms with Gasteiger partial charge in [0.2, 0.25) is 5.91 Å². The number of amides is 2. The van der Waals surface area contributed by atoms with Gasteiger partial charge in [-0.05, 0) is 29.8 Å². The summed E-state index contributed by atoms with van der Waals surface area (Å²) >= 11 is 0. The van der Waals surface area contributed by atoms with Gasteiger partial charge in [0.15, 0.2) is 6.04 Å². The van der Waals surface area contributed by atoms with Gasteiger partial charge >= 0.3 is 12.1 Å². The molecule has 1 fully saturated rings. The summed E-state index contributed by atoms with van der Waals surface area (Å²) in [5.41, 5.74) is 1.41. The Labute approximate surface area is 191 Å². The Balaban J connectivity index is 1.65. The minimum absolute atomic E-state index is 0.00755. The first-order valence-electron chi connectivity index (χ1n) is 10.1. The monoisotopic (exact) mass is 458 g/mol. The second-order valence-corrected chi connectivity index (χ2v) is 7.16. The van der Waals surface area contributed by atoms with Crippen molar-refractivity contribution in [3.05, 3.63) is 53.6 Å². The van der Waals surface area contributed by atoms with E-state index in [1.54, 1.807) is 49.6 Å². The Morgan fingerprint density at radius 1 is 0.939 bits per heavy atom. The van der Waals surface area contributed by atoms with Crippen LogP contribution in [-0.4, -0.2) is 63.4 Å². The number of hydrogen-bond acceptors (Lipinski definition) is 8.